The molecule has 6 nitrogen and oxygen atoms in total. The van der Waals surface area contributed by atoms with Gasteiger partial charge in [0.25, 0.3) is 0 Å². The maximum absolute atomic E-state index is 9.31. The third-order valence-corrected chi connectivity index (χ3v) is 5.64. The van der Waals surface area contributed by atoms with Crippen molar-refractivity contribution in [3.8, 4) is 0 Å². The highest BCUT2D eigenvalue weighted by molar-refractivity contribution is 5.36. The molecule has 0 amide bonds. The lowest BCUT2D eigenvalue weighted by Crippen LogP contribution is -2.36. The van der Waals surface area contributed by atoms with E-state index in [4.69, 9.17) is 9.40 Å². The number of furan rings is 1. The molecule has 1 aliphatic heterocycles. The Morgan fingerprint density at radius 1 is 1.27 bits per heavy atom. The van der Waals surface area contributed by atoms with Crippen molar-refractivity contribution in [2.24, 2.45) is 5.92 Å². The zero-order valence-electron chi connectivity index (χ0n) is 15.4. The molecular formula is C20H28N4O2. The summed E-state index contributed by atoms with van der Waals surface area (Å²) in [6, 6.07) is 4.32. The van der Waals surface area contributed by atoms with Crippen LogP contribution >= 0.6 is 0 Å². The van der Waals surface area contributed by atoms with Gasteiger partial charge in [0.1, 0.15) is 11.5 Å². The van der Waals surface area contributed by atoms with Gasteiger partial charge in [0.15, 0.2) is 0 Å². The van der Waals surface area contributed by atoms with Gasteiger partial charge in [-0.3, -0.25) is 0 Å². The van der Waals surface area contributed by atoms with Crippen LogP contribution in [0.4, 0.5) is 5.95 Å². The minimum absolute atomic E-state index is 0.290. The Morgan fingerprint density at radius 2 is 2.12 bits per heavy atom. The predicted molar refractivity (Wildman–Crippen MR) is 100 cm³/mol. The predicted octanol–water partition coefficient (Wildman–Crippen LogP) is 2.75. The second kappa shape index (κ2) is 7.76. The van der Waals surface area contributed by atoms with Crippen LogP contribution < -0.4 is 10.2 Å². The molecule has 0 bridgehead atoms. The highest BCUT2D eigenvalue weighted by atomic mass is 16.3. The van der Waals surface area contributed by atoms with E-state index < -0.39 is 0 Å². The third-order valence-electron chi connectivity index (χ3n) is 5.64. The first kappa shape index (κ1) is 17.5. The molecule has 1 saturated heterocycles. The SMILES string of the molecule is Cc1ccc(CNC2CCCc3nc(N4CCC(CO)CC4)ncc32)o1. The number of rotatable bonds is 5. The summed E-state index contributed by atoms with van der Waals surface area (Å²) in [6.07, 6.45) is 7.32. The molecule has 4 rings (SSSR count). The van der Waals surface area contributed by atoms with E-state index >= 15 is 0 Å². The minimum atomic E-state index is 0.290. The number of aliphatic hydroxyl groups is 1. The van der Waals surface area contributed by atoms with Crippen molar-refractivity contribution in [1.29, 1.82) is 0 Å². The van der Waals surface area contributed by atoms with Crippen molar-refractivity contribution in [2.75, 3.05) is 24.6 Å². The second-order valence-electron chi connectivity index (χ2n) is 7.52. The minimum Gasteiger partial charge on any atom is -0.465 e. The van der Waals surface area contributed by atoms with E-state index in [9.17, 15) is 5.11 Å². The van der Waals surface area contributed by atoms with Crippen LogP contribution in [0.2, 0.25) is 0 Å². The maximum Gasteiger partial charge on any atom is 0.225 e. The fourth-order valence-corrected chi connectivity index (χ4v) is 4.02. The number of hydrogen-bond donors (Lipinski definition) is 2. The Morgan fingerprint density at radius 3 is 2.85 bits per heavy atom. The summed E-state index contributed by atoms with van der Waals surface area (Å²) < 4.78 is 5.66. The van der Waals surface area contributed by atoms with Gasteiger partial charge in [0, 0.05) is 37.5 Å². The standard InChI is InChI=1S/C20H28N4O2/c1-14-5-6-16(26-14)11-21-18-3-2-4-19-17(18)12-22-20(23-19)24-9-7-15(13-25)8-10-24/h5-6,12,15,18,21,25H,2-4,7-11,13H2,1H3. The first-order valence-electron chi connectivity index (χ1n) is 9.73. The van der Waals surface area contributed by atoms with E-state index in [1.165, 1.54) is 11.3 Å². The van der Waals surface area contributed by atoms with Gasteiger partial charge in [-0.25, -0.2) is 9.97 Å². The average Bonchev–Trinajstić information content (AvgIpc) is 3.11. The van der Waals surface area contributed by atoms with Gasteiger partial charge in [-0.15, -0.1) is 0 Å². The Bertz CT molecular complexity index is 737. The zero-order valence-corrected chi connectivity index (χ0v) is 15.4. The Kier molecular flexibility index (Phi) is 5.22. The summed E-state index contributed by atoms with van der Waals surface area (Å²) in [4.78, 5) is 11.8. The van der Waals surface area contributed by atoms with Crippen LogP contribution in [-0.4, -0.2) is 34.8 Å². The summed E-state index contributed by atoms with van der Waals surface area (Å²) in [5.41, 5.74) is 2.41. The maximum atomic E-state index is 9.31. The topological polar surface area (TPSA) is 74.4 Å². The molecule has 1 aliphatic carbocycles. The molecule has 26 heavy (non-hydrogen) atoms. The van der Waals surface area contributed by atoms with E-state index in [1.807, 2.05) is 25.3 Å². The van der Waals surface area contributed by atoms with E-state index in [-0.39, 0.29) is 0 Å². The summed E-state index contributed by atoms with van der Waals surface area (Å²) >= 11 is 0. The summed E-state index contributed by atoms with van der Waals surface area (Å²) in [5, 5.41) is 12.9. The number of aromatic nitrogens is 2. The Labute approximate surface area is 154 Å². The molecule has 2 aliphatic rings. The smallest absolute Gasteiger partial charge is 0.225 e. The van der Waals surface area contributed by atoms with Crippen molar-refractivity contribution in [3.05, 3.63) is 41.1 Å². The van der Waals surface area contributed by atoms with Crippen LogP contribution in [0.1, 0.15) is 54.5 Å². The number of nitrogens with one attached hydrogen (secondary N) is 1. The van der Waals surface area contributed by atoms with E-state index in [1.54, 1.807) is 0 Å². The molecule has 3 heterocycles. The summed E-state index contributed by atoms with van der Waals surface area (Å²) in [5.74, 6) is 3.20. The lowest BCUT2D eigenvalue weighted by Gasteiger charge is -2.32. The highest BCUT2D eigenvalue weighted by Gasteiger charge is 2.25. The van der Waals surface area contributed by atoms with Crippen molar-refractivity contribution >= 4 is 5.95 Å². The van der Waals surface area contributed by atoms with E-state index in [0.29, 0.717) is 18.6 Å². The average molecular weight is 356 g/mol. The number of hydrogen-bond acceptors (Lipinski definition) is 6. The van der Waals surface area contributed by atoms with Crippen molar-refractivity contribution in [1.82, 2.24) is 15.3 Å². The number of piperidine rings is 1. The zero-order chi connectivity index (χ0) is 17.9. The molecule has 1 unspecified atom stereocenters. The molecule has 0 saturated carbocycles. The van der Waals surface area contributed by atoms with Gasteiger partial charge in [0.2, 0.25) is 5.95 Å². The number of aryl methyl sites for hydroxylation is 2. The first-order valence-corrected chi connectivity index (χ1v) is 9.73. The Balaban J connectivity index is 1.43. The number of aliphatic hydroxyl groups excluding tert-OH is 1. The lowest BCUT2D eigenvalue weighted by molar-refractivity contribution is 0.202. The number of nitrogens with zero attached hydrogens (tertiary/aromatic N) is 3. The molecule has 0 aromatic carbocycles. The summed E-state index contributed by atoms with van der Waals surface area (Å²) in [7, 11) is 0. The molecule has 0 radical (unpaired) electrons. The van der Waals surface area contributed by atoms with Gasteiger partial charge in [-0.05, 0) is 57.1 Å². The van der Waals surface area contributed by atoms with E-state index in [0.717, 1.165) is 69.2 Å². The molecule has 1 atom stereocenters. The monoisotopic (exact) mass is 356 g/mol. The van der Waals surface area contributed by atoms with Gasteiger partial charge in [0.05, 0.1) is 12.2 Å². The largest absolute Gasteiger partial charge is 0.465 e. The molecule has 0 spiro atoms. The molecule has 2 N–H and O–H groups in total. The highest BCUT2D eigenvalue weighted by Crippen LogP contribution is 2.30. The van der Waals surface area contributed by atoms with Crippen molar-refractivity contribution in [2.45, 2.75) is 51.6 Å². The van der Waals surface area contributed by atoms with Gasteiger partial charge in [-0.2, -0.15) is 0 Å². The molecule has 1 fully saturated rings. The van der Waals surface area contributed by atoms with Gasteiger partial charge in [-0.1, -0.05) is 0 Å². The van der Waals surface area contributed by atoms with Gasteiger partial charge < -0.3 is 19.7 Å². The molecule has 6 heteroatoms. The van der Waals surface area contributed by atoms with Crippen molar-refractivity contribution in [3.63, 3.8) is 0 Å². The third kappa shape index (κ3) is 3.76. The van der Waals surface area contributed by atoms with Crippen LogP contribution in [0.25, 0.3) is 0 Å². The van der Waals surface area contributed by atoms with Crippen LogP contribution in [-0.2, 0) is 13.0 Å². The van der Waals surface area contributed by atoms with Crippen LogP contribution in [0.3, 0.4) is 0 Å². The normalized spacial score (nSPS) is 21.0. The molecule has 140 valence electrons. The first-order chi connectivity index (χ1) is 12.7. The molecule has 2 aromatic rings. The van der Waals surface area contributed by atoms with Crippen LogP contribution in [0.5, 0.6) is 0 Å². The van der Waals surface area contributed by atoms with Crippen molar-refractivity contribution < 1.29 is 9.52 Å². The van der Waals surface area contributed by atoms with Crippen LogP contribution in [0, 0.1) is 12.8 Å². The van der Waals surface area contributed by atoms with Crippen LogP contribution in [0.15, 0.2) is 22.7 Å². The second-order valence-corrected chi connectivity index (χ2v) is 7.52. The quantitative estimate of drug-likeness (QED) is 0.858. The summed E-state index contributed by atoms with van der Waals surface area (Å²) in [6.45, 7) is 4.86. The van der Waals surface area contributed by atoms with Gasteiger partial charge >= 0.3 is 0 Å². The fourth-order valence-electron chi connectivity index (χ4n) is 4.02. The van der Waals surface area contributed by atoms with E-state index in [2.05, 4.69) is 15.2 Å². The Hall–Kier alpha value is -1.92. The molecular weight excluding hydrogens is 328 g/mol. The fraction of sp³-hybridized carbons (Fsp3) is 0.600. The number of fused-ring (bicyclic) bond motifs is 1. The lowest BCUT2D eigenvalue weighted by atomic mass is 9.92. The molecule has 2 aromatic heterocycles. The number of anilines is 1.